The van der Waals surface area contributed by atoms with E-state index in [1.807, 2.05) is 0 Å². The molecular weight excluding hydrogens is 229 g/mol. The Balaban J connectivity index is 2.20. The van der Waals surface area contributed by atoms with Gasteiger partial charge in [0.1, 0.15) is 17.2 Å². The Hall–Kier alpha value is -1.09. The Labute approximate surface area is 108 Å². The van der Waals surface area contributed by atoms with Crippen LogP contribution in [0.2, 0.25) is 0 Å². The molecule has 1 aliphatic rings. The largest absolute Gasteiger partial charge is 0.487 e. The van der Waals surface area contributed by atoms with Gasteiger partial charge in [-0.1, -0.05) is 19.9 Å². The number of halogens is 1. The minimum Gasteiger partial charge on any atom is -0.487 e. The first-order valence-corrected chi connectivity index (χ1v) is 6.64. The van der Waals surface area contributed by atoms with Crippen molar-refractivity contribution in [2.75, 3.05) is 0 Å². The quantitative estimate of drug-likeness (QED) is 0.886. The van der Waals surface area contributed by atoms with Gasteiger partial charge in [-0.2, -0.15) is 0 Å². The number of ether oxygens (including phenoxy) is 1. The molecule has 1 aliphatic heterocycles. The summed E-state index contributed by atoms with van der Waals surface area (Å²) in [7, 11) is 0. The van der Waals surface area contributed by atoms with Crippen molar-refractivity contribution in [3.63, 3.8) is 0 Å². The molecule has 0 fully saturated rings. The third-order valence-electron chi connectivity index (χ3n) is 3.63. The zero-order valence-corrected chi connectivity index (χ0v) is 11.4. The van der Waals surface area contributed by atoms with Gasteiger partial charge in [-0.05, 0) is 31.7 Å². The molecule has 1 aromatic carbocycles. The minimum atomic E-state index is -0.273. The lowest BCUT2D eigenvalue weighted by atomic mass is 9.84. The van der Waals surface area contributed by atoms with E-state index >= 15 is 0 Å². The van der Waals surface area contributed by atoms with Gasteiger partial charge >= 0.3 is 0 Å². The number of hydrogen-bond donors (Lipinski definition) is 1. The van der Waals surface area contributed by atoms with Crippen LogP contribution in [0.1, 0.15) is 51.6 Å². The average Bonchev–Trinajstić information content (AvgIpc) is 2.25. The van der Waals surface area contributed by atoms with E-state index in [2.05, 4.69) is 20.8 Å². The summed E-state index contributed by atoms with van der Waals surface area (Å²) in [5.41, 5.74) is 6.82. The van der Waals surface area contributed by atoms with Crippen LogP contribution in [-0.2, 0) is 0 Å². The summed E-state index contributed by atoms with van der Waals surface area (Å²) >= 11 is 0. The molecule has 1 unspecified atom stereocenters. The second-order valence-corrected chi connectivity index (χ2v) is 5.98. The van der Waals surface area contributed by atoms with E-state index in [-0.39, 0.29) is 17.5 Å². The first-order chi connectivity index (χ1) is 8.39. The minimum absolute atomic E-state index is 0.0634. The Morgan fingerprint density at radius 1 is 1.50 bits per heavy atom. The third-order valence-corrected chi connectivity index (χ3v) is 3.63. The Bertz CT molecular complexity index is 433. The van der Waals surface area contributed by atoms with Crippen molar-refractivity contribution in [2.24, 2.45) is 11.7 Å². The first kappa shape index (κ1) is 13.3. The zero-order chi connectivity index (χ0) is 13.3. The summed E-state index contributed by atoms with van der Waals surface area (Å²) in [5.74, 6) is 0.977. The molecule has 1 heterocycles. The number of rotatable bonds is 3. The van der Waals surface area contributed by atoms with E-state index in [0.29, 0.717) is 11.7 Å². The number of nitrogens with two attached hydrogens (primary N) is 1. The summed E-state index contributed by atoms with van der Waals surface area (Å²) in [6, 6.07) is 4.56. The second kappa shape index (κ2) is 4.88. The topological polar surface area (TPSA) is 35.2 Å². The van der Waals surface area contributed by atoms with Crippen molar-refractivity contribution in [2.45, 2.75) is 51.7 Å². The molecule has 0 radical (unpaired) electrons. The standard InChI is InChI=1S/C15H22FNO/c1-10(2)6-7-15(3)9-13(17)12-5-4-11(16)8-14(12)18-15/h4-5,8,10,13H,6-7,9,17H2,1-3H3/t13-,15?/m1/s1. The van der Waals surface area contributed by atoms with Crippen molar-refractivity contribution in [3.05, 3.63) is 29.6 Å². The SMILES string of the molecule is CC(C)CCC1(C)C[C@@H](N)c2ccc(F)cc2O1. The van der Waals surface area contributed by atoms with Gasteiger partial charge in [-0.25, -0.2) is 4.39 Å². The van der Waals surface area contributed by atoms with Crippen LogP contribution in [0.4, 0.5) is 4.39 Å². The molecule has 0 amide bonds. The number of benzene rings is 1. The van der Waals surface area contributed by atoms with Crippen molar-refractivity contribution >= 4 is 0 Å². The highest BCUT2D eigenvalue weighted by molar-refractivity contribution is 5.39. The van der Waals surface area contributed by atoms with Gasteiger partial charge in [-0.3, -0.25) is 0 Å². The smallest absolute Gasteiger partial charge is 0.127 e. The Morgan fingerprint density at radius 2 is 2.22 bits per heavy atom. The maximum absolute atomic E-state index is 13.3. The Morgan fingerprint density at radius 3 is 2.89 bits per heavy atom. The van der Waals surface area contributed by atoms with E-state index < -0.39 is 0 Å². The molecule has 2 nitrogen and oxygen atoms in total. The molecule has 0 saturated carbocycles. The van der Waals surface area contributed by atoms with E-state index in [0.717, 1.165) is 24.8 Å². The lowest BCUT2D eigenvalue weighted by Crippen LogP contribution is -2.40. The van der Waals surface area contributed by atoms with E-state index in [1.165, 1.54) is 12.1 Å². The van der Waals surface area contributed by atoms with Gasteiger partial charge in [-0.15, -0.1) is 0 Å². The van der Waals surface area contributed by atoms with E-state index in [1.54, 1.807) is 6.07 Å². The van der Waals surface area contributed by atoms with Gasteiger partial charge in [0.25, 0.3) is 0 Å². The average molecular weight is 251 g/mol. The molecular formula is C15H22FNO. The molecule has 0 saturated heterocycles. The molecule has 0 aromatic heterocycles. The highest BCUT2D eigenvalue weighted by Gasteiger charge is 2.35. The lowest BCUT2D eigenvalue weighted by molar-refractivity contribution is 0.0401. The fourth-order valence-electron chi connectivity index (χ4n) is 2.53. The van der Waals surface area contributed by atoms with Crippen LogP contribution in [0.3, 0.4) is 0 Å². The van der Waals surface area contributed by atoms with Crippen molar-refractivity contribution < 1.29 is 9.13 Å². The molecule has 1 aromatic rings. The molecule has 2 N–H and O–H groups in total. The van der Waals surface area contributed by atoms with Crippen LogP contribution < -0.4 is 10.5 Å². The molecule has 2 rings (SSSR count). The molecule has 0 spiro atoms. The fraction of sp³-hybridized carbons (Fsp3) is 0.600. The maximum Gasteiger partial charge on any atom is 0.127 e. The summed E-state index contributed by atoms with van der Waals surface area (Å²) in [4.78, 5) is 0. The highest BCUT2D eigenvalue weighted by atomic mass is 19.1. The predicted molar refractivity (Wildman–Crippen MR) is 71.1 cm³/mol. The maximum atomic E-state index is 13.3. The zero-order valence-electron chi connectivity index (χ0n) is 11.4. The summed E-state index contributed by atoms with van der Waals surface area (Å²) in [5, 5.41) is 0. The monoisotopic (exact) mass is 251 g/mol. The van der Waals surface area contributed by atoms with Crippen LogP contribution in [0.25, 0.3) is 0 Å². The second-order valence-electron chi connectivity index (χ2n) is 5.98. The summed E-state index contributed by atoms with van der Waals surface area (Å²) in [6.07, 6.45) is 2.83. The highest BCUT2D eigenvalue weighted by Crippen LogP contribution is 2.41. The van der Waals surface area contributed by atoms with Gasteiger partial charge < -0.3 is 10.5 Å². The van der Waals surface area contributed by atoms with Crippen LogP contribution in [0.5, 0.6) is 5.75 Å². The molecule has 18 heavy (non-hydrogen) atoms. The van der Waals surface area contributed by atoms with E-state index in [9.17, 15) is 4.39 Å². The van der Waals surface area contributed by atoms with Crippen LogP contribution >= 0.6 is 0 Å². The third kappa shape index (κ3) is 2.83. The van der Waals surface area contributed by atoms with Crippen molar-refractivity contribution in [1.29, 1.82) is 0 Å². The lowest BCUT2D eigenvalue weighted by Gasteiger charge is -2.39. The molecule has 3 heteroatoms. The molecule has 0 aliphatic carbocycles. The van der Waals surface area contributed by atoms with Gasteiger partial charge in [0, 0.05) is 24.1 Å². The van der Waals surface area contributed by atoms with Crippen LogP contribution in [0, 0.1) is 11.7 Å². The fourth-order valence-corrected chi connectivity index (χ4v) is 2.53. The van der Waals surface area contributed by atoms with Gasteiger partial charge in [0.2, 0.25) is 0 Å². The summed E-state index contributed by atoms with van der Waals surface area (Å²) in [6.45, 7) is 6.46. The van der Waals surface area contributed by atoms with Crippen molar-refractivity contribution in [1.82, 2.24) is 0 Å². The van der Waals surface area contributed by atoms with Crippen LogP contribution in [0.15, 0.2) is 18.2 Å². The van der Waals surface area contributed by atoms with Gasteiger partial charge in [0.05, 0.1) is 0 Å². The Kier molecular flexibility index (Phi) is 3.62. The van der Waals surface area contributed by atoms with Crippen LogP contribution in [-0.4, -0.2) is 5.60 Å². The van der Waals surface area contributed by atoms with Crippen molar-refractivity contribution in [3.8, 4) is 5.75 Å². The van der Waals surface area contributed by atoms with E-state index in [4.69, 9.17) is 10.5 Å². The van der Waals surface area contributed by atoms with Gasteiger partial charge in [0.15, 0.2) is 0 Å². The first-order valence-electron chi connectivity index (χ1n) is 6.64. The molecule has 100 valence electrons. The summed E-state index contributed by atoms with van der Waals surface area (Å²) < 4.78 is 19.3. The molecule has 0 bridgehead atoms. The molecule has 2 atom stereocenters. The number of fused-ring (bicyclic) bond motifs is 1. The number of hydrogen-bond acceptors (Lipinski definition) is 2. The predicted octanol–water partition coefficient (Wildman–Crippen LogP) is 3.80. The normalized spacial score (nSPS) is 26.9.